The third-order valence-electron chi connectivity index (χ3n) is 5.42. The van der Waals surface area contributed by atoms with Gasteiger partial charge in [0.2, 0.25) is 5.13 Å². The number of hydrogen-bond donors (Lipinski definition) is 1. The first-order valence-corrected chi connectivity index (χ1v) is 10.6. The molecule has 0 bridgehead atoms. The quantitative estimate of drug-likeness (QED) is 0.691. The van der Waals surface area contributed by atoms with Gasteiger partial charge in [0, 0.05) is 47.8 Å². The number of hydrogen-bond acceptors (Lipinski definition) is 6. The van der Waals surface area contributed by atoms with Crippen molar-refractivity contribution in [2.24, 2.45) is 0 Å². The Kier molecular flexibility index (Phi) is 4.94. The molecule has 0 radical (unpaired) electrons. The molecule has 2 aromatic heterocycles. The van der Waals surface area contributed by atoms with Crippen LogP contribution in [0.15, 0.2) is 36.9 Å². The van der Waals surface area contributed by atoms with E-state index in [1.54, 1.807) is 29.4 Å². The number of nitrogens with one attached hydrogen (secondary N) is 1. The number of halogens is 1. The van der Waals surface area contributed by atoms with Gasteiger partial charge in [0.15, 0.2) is 5.01 Å². The van der Waals surface area contributed by atoms with Crippen LogP contribution in [0, 0.1) is 5.82 Å². The van der Waals surface area contributed by atoms with Crippen LogP contribution >= 0.6 is 11.3 Å². The van der Waals surface area contributed by atoms with Crippen molar-refractivity contribution in [3.63, 3.8) is 0 Å². The number of rotatable bonds is 4. The highest BCUT2D eigenvalue weighted by molar-refractivity contribution is 7.18. The highest BCUT2D eigenvalue weighted by atomic mass is 32.1. The van der Waals surface area contributed by atoms with Crippen LogP contribution < -0.4 is 10.2 Å². The Bertz CT molecular complexity index is 979. The van der Waals surface area contributed by atoms with E-state index in [1.165, 1.54) is 17.4 Å². The summed E-state index contributed by atoms with van der Waals surface area (Å²) in [6.07, 6.45) is 7.12. The van der Waals surface area contributed by atoms with Crippen LogP contribution in [0.2, 0.25) is 0 Å². The van der Waals surface area contributed by atoms with Crippen LogP contribution in [0.3, 0.4) is 0 Å². The van der Waals surface area contributed by atoms with Gasteiger partial charge in [0.1, 0.15) is 5.82 Å². The van der Waals surface area contributed by atoms with E-state index in [0.717, 1.165) is 23.7 Å². The summed E-state index contributed by atoms with van der Waals surface area (Å²) in [6.45, 7) is 8.93. The normalized spacial score (nSPS) is 18.7. The van der Waals surface area contributed by atoms with Gasteiger partial charge in [-0.2, -0.15) is 0 Å². The van der Waals surface area contributed by atoms with E-state index in [4.69, 9.17) is 0 Å². The summed E-state index contributed by atoms with van der Waals surface area (Å²) in [7, 11) is 2.06. The SMILES string of the molecule is CN(c1nnc(-c2ccc(-n3ccnc3)cc2F)s1)C1CC(C)(C)NC(C)(C)C1. The Balaban J connectivity index is 1.57. The van der Waals surface area contributed by atoms with Crippen molar-refractivity contribution in [3.05, 3.63) is 42.7 Å². The van der Waals surface area contributed by atoms with E-state index in [9.17, 15) is 4.39 Å². The standard InChI is InChI=1S/C21H27FN6S/c1-20(2)11-15(12-21(3,4)26-20)27(5)19-25-24-18(29-19)16-7-6-14(10-17(16)22)28-9-8-23-13-28/h6-10,13,15,26H,11-12H2,1-5H3. The second kappa shape index (κ2) is 7.18. The van der Waals surface area contributed by atoms with Crippen molar-refractivity contribution in [2.75, 3.05) is 11.9 Å². The molecule has 0 saturated carbocycles. The summed E-state index contributed by atoms with van der Waals surface area (Å²) in [5, 5.41) is 13.8. The van der Waals surface area contributed by atoms with Gasteiger partial charge < -0.3 is 14.8 Å². The van der Waals surface area contributed by atoms with Crippen molar-refractivity contribution < 1.29 is 4.39 Å². The van der Waals surface area contributed by atoms with Crippen molar-refractivity contribution >= 4 is 16.5 Å². The fourth-order valence-electron chi connectivity index (χ4n) is 4.42. The summed E-state index contributed by atoms with van der Waals surface area (Å²) in [5.41, 5.74) is 1.29. The lowest BCUT2D eigenvalue weighted by atomic mass is 9.79. The smallest absolute Gasteiger partial charge is 0.208 e. The molecular formula is C21H27FN6S. The number of piperidine rings is 1. The minimum atomic E-state index is -0.314. The zero-order valence-corrected chi connectivity index (χ0v) is 18.3. The van der Waals surface area contributed by atoms with Crippen molar-refractivity contribution in [2.45, 2.75) is 57.7 Å². The van der Waals surface area contributed by atoms with E-state index < -0.39 is 0 Å². The summed E-state index contributed by atoms with van der Waals surface area (Å²) in [5.74, 6) is -0.314. The molecular weight excluding hydrogens is 387 g/mol. The van der Waals surface area contributed by atoms with Crippen LogP contribution in [-0.4, -0.2) is 43.9 Å². The van der Waals surface area contributed by atoms with Gasteiger partial charge in [-0.15, -0.1) is 10.2 Å². The maximum atomic E-state index is 14.8. The number of nitrogens with zero attached hydrogens (tertiary/aromatic N) is 5. The van der Waals surface area contributed by atoms with Gasteiger partial charge >= 0.3 is 0 Å². The molecule has 29 heavy (non-hydrogen) atoms. The first-order chi connectivity index (χ1) is 13.6. The van der Waals surface area contributed by atoms with Crippen molar-refractivity contribution in [1.82, 2.24) is 25.1 Å². The van der Waals surface area contributed by atoms with E-state index in [0.29, 0.717) is 16.6 Å². The van der Waals surface area contributed by atoms with E-state index in [1.807, 2.05) is 6.07 Å². The van der Waals surface area contributed by atoms with E-state index >= 15 is 0 Å². The molecule has 6 nitrogen and oxygen atoms in total. The fourth-order valence-corrected chi connectivity index (χ4v) is 5.32. The monoisotopic (exact) mass is 414 g/mol. The number of anilines is 1. The van der Waals surface area contributed by atoms with Crippen molar-refractivity contribution in [3.8, 4) is 16.3 Å². The zero-order chi connectivity index (χ0) is 20.8. The Morgan fingerprint density at radius 2 is 1.90 bits per heavy atom. The number of benzene rings is 1. The summed E-state index contributed by atoms with van der Waals surface area (Å²) in [4.78, 5) is 6.20. The molecule has 0 atom stereocenters. The van der Waals surface area contributed by atoms with E-state index in [2.05, 4.69) is 60.1 Å². The van der Waals surface area contributed by atoms with Crippen LogP contribution in [0.5, 0.6) is 0 Å². The predicted molar refractivity (Wildman–Crippen MR) is 115 cm³/mol. The molecule has 1 fully saturated rings. The molecule has 4 rings (SSSR count). The Hall–Kier alpha value is -2.32. The molecule has 0 spiro atoms. The average Bonchev–Trinajstić information content (AvgIpc) is 3.30. The molecule has 1 aliphatic heterocycles. The lowest BCUT2D eigenvalue weighted by molar-refractivity contribution is 0.161. The maximum absolute atomic E-state index is 14.8. The first kappa shape index (κ1) is 20.0. The van der Waals surface area contributed by atoms with Gasteiger partial charge in [0.05, 0.1) is 6.33 Å². The predicted octanol–water partition coefficient (Wildman–Crippen LogP) is 4.28. The third-order valence-corrected chi connectivity index (χ3v) is 6.47. The van der Waals surface area contributed by atoms with Gasteiger partial charge in [-0.3, -0.25) is 0 Å². The Morgan fingerprint density at radius 3 is 2.52 bits per heavy atom. The summed E-state index contributed by atoms with van der Waals surface area (Å²) < 4.78 is 16.5. The molecule has 1 N–H and O–H groups in total. The van der Waals surface area contributed by atoms with Gasteiger partial charge in [0.25, 0.3) is 0 Å². The Labute approximate surface area is 174 Å². The molecule has 3 heterocycles. The summed E-state index contributed by atoms with van der Waals surface area (Å²) in [6, 6.07) is 5.46. The minimum Gasteiger partial charge on any atom is -0.347 e. The first-order valence-electron chi connectivity index (χ1n) is 9.77. The molecule has 1 aliphatic rings. The molecule has 154 valence electrons. The second-order valence-corrected chi connectivity index (χ2v) is 10.0. The fraction of sp³-hybridized carbons (Fsp3) is 0.476. The van der Waals surface area contributed by atoms with Crippen LogP contribution in [0.1, 0.15) is 40.5 Å². The third kappa shape index (κ3) is 4.18. The highest BCUT2D eigenvalue weighted by Crippen LogP contribution is 2.36. The van der Waals surface area contributed by atoms with Crippen molar-refractivity contribution in [1.29, 1.82) is 0 Å². The molecule has 0 amide bonds. The molecule has 1 aromatic carbocycles. The minimum absolute atomic E-state index is 0.0451. The largest absolute Gasteiger partial charge is 0.347 e. The van der Waals surface area contributed by atoms with Crippen LogP contribution in [-0.2, 0) is 0 Å². The lowest BCUT2D eigenvalue weighted by Gasteiger charge is -2.48. The summed E-state index contributed by atoms with van der Waals surface area (Å²) >= 11 is 1.43. The highest BCUT2D eigenvalue weighted by Gasteiger charge is 2.39. The molecule has 3 aromatic rings. The van der Waals surface area contributed by atoms with Gasteiger partial charge in [-0.1, -0.05) is 11.3 Å². The van der Waals surface area contributed by atoms with E-state index in [-0.39, 0.29) is 16.9 Å². The van der Waals surface area contributed by atoms with Gasteiger partial charge in [-0.05, 0) is 58.7 Å². The molecule has 1 saturated heterocycles. The average molecular weight is 415 g/mol. The lowest BCUT2D eigenvalue weighted by Crippen LogP contribution is -2.61. The molecule has 0 unspecified atom stereocenters. The maximum Gasteiger partial charge on any atom is 0.208 e. The topological polar surface area (TPSA) is 58.9 Å². The second-order valence-electron chi connectivity index (χ2n) is 9.09. The Morgan fingerprint density at radius 1 is 1.17 bits per heavy atom. The van der Waals surface area contributed by atoms with Gasteiger partial charge in [-0.25, -0.2) is 9.37 Å². The number of aromatic nitrogens is 4. The molecule has 8 heteroatoms. The van der Waals surface area contributed by atoms with Crippen LogP contribution in [0.25, 0.3) is 16.3 Å². The van der Waals surface area contributed by atoms with Crippen LogP contribution in [0.4, 0.5) is 9.52 Å². The molecule has 0 aliphatic carbocycles. The zero-order valence-electron chi connectivity index (χ0n) is 17.5. The number of imidazole rings is 1.